The van der Waals surface area contributed by atoms with Crippen molar-refractivity contribution in [2.45, 2.75) is 37.4 Å². The summed E-state index contributed by atoms with van der Waals surface area (Å²) in [5, 5.41) is 22.9. The first-order chi connectivity index (χ1) is 16.8. The molecule has 0 saturated heterocycles. The van der Waals surface area contributed by atoms with Crippen LogP contribution in [0.5, 0.6) is 0 Å². The highest BCUT2D eigenvalue weighted by Gasteiger charge is 2.26. The lowest BCUT2D eigenvalue weighted by atomic mass is 9.88. The Labute approximate surface area is 209 Å². The van der Waals surface area contributed by atoms with Gasteiger partial charge in [-0.05, 0) is 66.5 Å². The molecule has 1 amide bonds. The maximum absolute atomic E-state index is 14.5. The van der Waals surface area contributed by atoms with Crippen molar-refractivity contribution in [2.24, 2.45) is 7.05 Å². The lowest BCUT2D eigenvalue weighted by Crippen LogP contribution is -2.32. The Kier molecular flexibility index (Phi) is 7.88. The number of amides is 1. The molecule has 190 valence electrons. The molecule has 1 unspecified atom stereocenters. The summed E-state index contributed by atoms with van der Waals surface area (Å²) in [5.41, 5.74) is 2.13. The van der Waals surface area contributed by atoms with E-state index >= 15 is 0 Å². The number of aliphatic hydroxyl groups is 1. The highest BCUT2D eigenvalue weighted by Crippen LogP contribution is 2.32. The minimum atomic E-state index is -4.36. The van der Waals surface area contributed by atoms with Gasteiger partial charge in [-0.15, -0.1) is 0 Å². The third kappa shape index (κ3) is 5.76. The van der Waals surface area contributed by atoms with Crippen LogP contribution in [0.1, 0.15) is 48.5 Å². The SMILES string of the molecule is CC(C)c1cc(F)cc(-c2ccnc(C#N)c2)c1CC(=O)NS(=O)(=O)c1cc(C(O)N(C)C)n(C)n1. The lowest BCUT2D eigenvalue weighted by Gasteiger charge is -2.18. The Bertz CT molecular complexity index is 1440. The minimum absolute atomic E-state index is 0.117. The standard InChI is InChI=1S/C24H27FN6O4S/c1-14(2)18-9-16(25)10-19(15-6-7-27-17(8-15)13-26)20(18)11-22(32)29-36(34,35)23-12-21(31(5)28-23)24(33)30(3)4/h6-10,12,14,24,33H,11H2,1-5H3,(H,29,32). The van der Waals surface area contributed by atoms with E-state index in [0.717, 1.165) is 0 Å². The minimum Gasteiger partial charge on any atom is -0.372 e. The van der Waals surface area contributed by atoms with Crippen molar-refractivity contribution < 1.29 is 22.7 Å². The number of aliphatic hydroxyl groups excluding tert-OH is 1. The first kappa shape index (κ1) is 26.9. The highest BCUT2D eigenvalue weighted by atomic mass is 32.2. The number of nitriles is 1. The average Bonchev–Trinajstić information content (AvgIpc) is 3.21. The number of carbonyl (C=O) groups is 1. The second kappa shape index (κ2) is 10.5. The van der Waals surface area contributed by atoms with Gasteiger partial charge in [-0.1, -0.05) is 13.8 Å². The van der Waals surface area contributed by atoms with Gasteiger partial charge in [-0.3, -0.25) is 14.4 Å². The van der Waals surface area contributed by atoms with Crippen LogP contribution in [0.4, 0.5) is 4.39 Å². The maximum atomic E-state index is 14.5. The van der Waals surface area contributed by atoms with Gasteiger partial charge in [0.1, 0.15) is 23.8 Å². The predicted octanol–water partition coefficient (Wildman–Crippen LogP) is 2.22. The molecule has 1 atom stereocenters. The molecule has 36 heavy (non-hydrogen) atoms. The summed E-state index contributed by atoms with van der Waals surface area (Å²) in [6.45, 7) is 3.66. The number of sulfonamides is 1. The van der Waals surface area contributed by atoms with Crippen molar-refractivity contribution in [2.75, 3.05) is 14.1 Å². The Hall–Kier alpha value is -3.66. The van der Waals surface area contributed by atoms with Gasteiger partial charge in [-0.2, -0.15) is 18.8 Å². The van der Waals surface area contributed by atoms with E-state index in [1.807, 2.05) is 24.6 Å². The molecule has 10 nitrogen and oxygen atoms in total. The van der Waals surface area contributed by atoms with E-state index in [1.54, 1.807) is 20.2 Å². The highest BCUT2D eigenvalue weighted by molar-refractivity contribution is 7.90. The number of halogens is 1. The Morgan fingerprint density at radius 2 is 1.97 bits per heavy atom. The summed E-state index contributed by atoms with van der Waals surface area (Å²) in [6, 6.07) is 8.73. The molecule has 12 heteroatoms. The molecule has 2 aromatic heterocycles. The van der Waals surface area contributed by atoms with E-state index < -0.39 is 33.0 Å². The summed E-state index contributed by atoms with van der Waals surface area (Å²) < 4.78 is 43.5. The van der Waals surface area contributed by atoms with Crippen LogP contribution in [0.3, 0.4) is 0 Å². The summed E-state index contributed by atoms with van der Waals surface area (Å²) in [5.74, 6) is -1.55. The molecule has 0 spiro atoms. The first-order valence-corrected chi connectivity index (χ1v) is 12.4. The molecule has 0 fully saturated rings. The van der Waals surface area contributed by atoms with Crippen LogP contribution in [-0.2, 0) is 28.3 Å². The zero-order chi connectivity index (χ0) is 26.8. The van der Waals surface area contributed by atoms with Gasteiger partial charge in [0.2, 0.25) is 5.91 Å². The van der Waals surface area contributed by atoms with E-state index in [2.05, 4.69) is 10.1 Å². The number of benzene rings is 1. The Balaban J connectivity index is 1.98. The van der Waals surface area contributed by atoms with Crippen LogP contribution in [-0.4, -0.2) is 53.2 Å². The van der Waals surface area contributed by atoms with Gasteiger partial charge in [-0.25, -0.2) is 14.1 Å². The second-order valence-corrected chi connectivity index (χ2v) is 10.4. The van der Waals surface area contributed by atoms with E-state index in [-0.39, 0.29) is 23.7 Å². The summed E-state index contributed by atoms with van der Waals surface area (Å²) in [6.07, 6.45) is -0.0635. The van der Waals surface area contributed by atoms with E-state index in [9.17, 15) is 28.0 Å². The zero-order valence-electron chi connectivity index (χ0n) is 20.5. The largest absolute Gasteiger partial charge is 0.372 e. The van der Waals surface area contributed by atoms with Gasteiger partial charge < -0.3 is 5.11 Å². The number of hydrogen-bond donors (Lipinski definition) is 2. The van der Waals surface area contributed by atoms with Crippen molar-refractivity contribution in [3.8, 4) is 17.2 Å². The molecule has 2 heterocycles. The quantitative estimate of drug-likeness (QED) is 0.436. The molecule has 3 rings (SSSR count). The van der Waals surface area contributed by atoms with Gasteiger partial charge in [0.05, 0.1) is 12.1 Å². The molecule has 0 saturated carbocycles. The van der Waals surface area contributed by atoms with Crippen molar-refractivity contribution in [1.82, 2.24) is 24.4 Å². The van der Waals surface area contributed by atoms with Crippen molar-refractivity contribution in [3.05, 3.63) is 64.9 Å². The van der Waals surface area contributed by atoms with Crippen LogP contribution in [0.25, 0.3) is 11.1 Å². The van der Waals surface area contributed by atoms with Gasteiger partial charge in [0.15, 0.2) is 5.03 Å². The maximum Gasteiger partial charge on any atom is 0.283 e. The molecule has 0 bridgehead atoms. The number of aryl methyl sites for hydroxylation is 1. The normalized spacial score (nSPS) is 12.6. The predicted molar refractivity (Wildman–Crippen MR) is 129 cm³/mol. The smallest absolute Gasteiger partial charge is 0.283 e. The monoisotopic (exact) mass is 514 g/mol. The fourth-order valence-corrected chi connectivity index (χ4v) is 4.76. The molecule has 0 radical (unpaired) electrons. The number of carbonyl (C=O) groups excluding carboxylic acids is 1. The molecule has 0 aliphatic carbocycles. The molecule has 2 N–H and O–H groups in total. The van der Waals surface area contributed by atoms with Crippen LogP contribution in [0.2, 0.25) is 0 Å². The zero-order valence-corrected chi connectivity index (χ0v) is 21.3. The van der Waals surface area contributed by atoms with Crippen LogP contribution >= 0.6 is 0 Å². The fraction of sp³-hybridized carbons (Fsp3) is 0.333. The molecule has 1 aromatic carbocycles. The van der Waals surface area contributed by atoms with Crippen molar-refractivity contribution in [1.29, 1.82) is 5.26 Å². The van der Waals surface area contributed by atoms with Crippen LogP contribution < -0.4 is 4.72 Å². The van der Waals surface area contributed by atoms with Gasteiger partial charge in [0.25, 0.3) is 10.0 Å². The molecular formula is C24H27FN6O4S. The summed E-state index contributed by atoms with van der Waals surface area (Å²) in [7, 11) is 0.348. The molecule has 0 aliphatic rings. The second-order valence-electron chi connectivity index (χ2n) is 8.79. The summed E-state index contributed by atoms with van der Waals surface area (Å²) >= 11 is 0. The fourth-order valence-electron chi connectivity index (χ4n) is 3.78. The number of aromatic nitrogens is 3. The van der Waals surface area contributed by atoms with Gasteiger partial charge in [0, 0.05) is 19.3 Å². The lowest BCUT2D eigenvalue weighted by molar-refractivity contribution is -0.118. The Morgan fingerprint density at radius 3 is 2.58 bits per heavy atom. The van der Waals surface area contributed by atoms with Gasteiger partial charge >= 0.3 is 0 Å². The average molecular weight is 515 g/mol. The summed E-state index contributed by atoms with van der Waals surface area (Å²) in [4.78, 5) is 18.4. The van der Waals surface area contributed by atoms with Crippen molar-refractivity contribution in [3.63, 3.8) is 0 Å². The third-order valence-corrected chi connectivity index (χ3v) is 6.81. The van der Waals surface area contributed by atoms with E-state index in [1.165, 1.54) is 47.1 Å². The van der Waals surface area contributed by atoms with Crippen molar-refractivity contribution >= 4 is 15.9 Å². The third-order valence-electron chi connectivity index (χ3n) is 5.56. The first-order valence-electron chi connectivity index (χ1n) is 11.0. The van der Waals surface area contributed by atoms with Crippen LogP contribution in [0.15, 0.2) is 41.6 Å². The molecule has 0 aliphatic heterocycles. The number of nitrogens with one attached hydrogen (secondary N) is 1. The topological polar surface area (TPSA) is 141 Å². The van der Waals surface area contributed by atoms with E-state index in [4.69, 9.17) is 0 Å². The number of nitrogens with zero attached hydrogens (tertiary/aromatic N) is 5. The number of hydrogen-bond acceptors (Lipinski definition) is 8. The molecular weight excluding hydrogens is 487 g/mol. The number of rotatable bonds is 8. The Morgan fingerprint density at radius 1 is 1.28 bits per heavy atom. The van der Waals surface area contributed by atoms with E-state index in [0.29, 0.717) is 22.3 Å². The van der Waals surface area contributed by atoms with Crippen LogP contribution in [0, 0.1) is 17.1 Å². The molecule has 3 aromatic rings. The number of pyridine rings is 1.